The minimum absolute atomic E-state index is 0.564. The van der Waals surface area contributed by atoms with E-state index in [4.69, 9.17) is 5.10 Å². The lowest BCUT2D eigenvalue weighted by Crippen LogP contribution is -1.95. The first-order valence-corrected chi connectivity index (χ1v) is 9.06. The lowest BCUT2D eigenvalue weighted by molar-refractivity contribution is 0.877. The highest BCUT2D eigenvalue weighted by Crippen LogP contribution is 2.24. The average molecular weight is 363 g/mol. The summed E-state index contributed by atoms with van der Waals surface area (Å²) in [7, 11) is 0. The van der Waals surface area contributed by atoms with Gasteiger partial charge in [-0.05, 0) is 29.8 Å². The van der Waals surface area contributed by atoms with E-state index in [9.17, 15) is 0 Å². The van der Waals surface area contributed by atoms with E-state index in [1.165, 1.54) is 0 Å². The Bertz CT molecular complexity index is 1220. The summed E-state index contributed by atoms with van der Waals surface area (Å²) >= 11 is 0. The standard InChI is InChI=1S/C23H17N5/c1-3-9-17(10-4-1)19-16-28(18-11-5-2-6-12-18)27-22(19)15-24-23-25-20-13-7-8-14-21(20)26-23/h1-16H,(H,25,26). The van der Waals surface area contributed by atoms with E-state index in [0.717, 1.165) is 33.5 Å². The molecule has 0 unspecified atom stereocenters. The minimum Gasteiger partial charge on any atom is -0.322 e. The highest BCUT2D eigenvalue weighted by Gasteiger charge is 2.11. The number of aromatic nitrogens is 4. The van der Waals surface area contributed by atoms with E-state index in [0.29, 0.717) is 5.95 Å². The maximum Gasteiger partial charge on any atom is 0.227 e. The van der Waals surface area contributed by atoms with Gasteiger partial charge in [0.25, 0.3) is 0 Å². The van der Waals surface area contributed by atoms with Crippen molar-refractivity contribution < 1.29 is 0 Å². The van der Waals surface area contributed by atoms with E-state index >= 15 is 0 Å². The van der Waals surface area contributed by atoms with Gasteiger partial charge in [-0.15, -0.1) is 0 Å². The molecular formula is C23H17N5. The van der Waals surface area contributed by atoms with E-state index in [2.05, 4.69) is 27.1 Å². The second-order valence-electron chi connectivity index (χ2n) is 6.41. The monoisotopic (exact) mass is 363 g/mol. The summed E-state index contributed by atoms with van der Waals surface area (Å²) < 4.78 is 1.88. The van der Waals surface area contributed by atoms with Crippen LogP contribution in [0.4, 0.5) is 5.95 Å². The minimum atomic E-state index is 0.564. The van der Waals surface area contributed by atoms with Gasteiger partial charge in [-0.3, -0.25) is 0 Å². The largest absolute Gasteiger partial charge is 0.322 e. The number of imidazole rings is 1. The molecule has 5 aromatic rings. The molecule has 0 aliphatic rings. The fourth-order valence-corrected chi connectivity index (χ4v) is 3.16. The number of hydrogen-bond donors (Lipinski definition) is 1. The number of hydrogen-bond acceptors (Lipinski definition) is 3. The van der Waals surface area contributed by atoms with Crippen LogP contribution in [0.15, 0.2) is 96.1 Å². The molecule has 28 heavy (non-hydrogen) atoms. The van der Waals surface area contributed by atoms with E-state index < -0.39 is 0 Å². The van der Waals surface area contributed by atoms with Gasteiger partial charge in [-0.25, -0.2) is 14.7 Å². The Labute approximate surface area is 162 Å². The van der Waals surface area contributed by atoms with Crippen molar-refractivity contribution in [2.45, 2.75) is 0 Å². The van der Waals surface area contributed by atoms with Gasteiger partial charge in [0, 0.05) is 11.8 Å². The van der Waals surface area contributed by atoms with Crippen molar-refractivity contribution >= 4 is 23.2 Å². The van der Waals surface area contributed by atoms with Crippen LogP contribution in [0.1, 0.15) is 5.69 Å². The fraction of sp³-hybridized carbons (Fsp3) is 0. The van der Waals surface area contributed by atoms with Crippen molar-refractivity contribution in [1.29, 1.82) is 0 Å². The summed E-state index contributed by atoms with van der Waals surface area (Å²) in [6.45, 7) is 0. The van der Waals surface area contributed by atoms with Crippen LogP contribution in [-0.2, 0) is 0 Å². The number of nitrogens with zero attached hydrogens (tertiary/aromatic N) is 4. The molecule has 0 saturated heterocycles. The lowest BCUT2D eigenvalue weighted by atomic mass is 10.1. The molecule has 2 heterocycles. The van der Waals surface area contributed by atoms with Crippen molar-refractivity contribution in [2.75, 3.05) is 0 Å². The molecule has 0 aliphatic carbocycles. The summed E-state index contributed by atoms with van der Waals surface area (Å²) in [5.41, 5.74) is 5.76. The summed E-state index contributed by atoms with van der Waals surface area (Å²) in [6, 6.07) is 28.1. The Hall–Kier alpha value is -3.99. The zero-order valence-electron chi connectivity index (χ0n) is 15.0. The molecule has 0 bridgehead atoms. The molecule has 5 rings (SSSR count). The van der Waals surface area contributed by atoms with Crippen molar-refractivity contribution in [1.82, 2.24) is 19.7 Å². The molecule has 3 aromatic carbocycles. The molecule has 0 fully saturated rings. The molecule has 0 radical (unpaired) electrons. The molecule has 0 amide bonds. The van der Waals surface area contributed by atoms with Gasteiger partial charge in [-0.1, -0.05) is 60.7 Å². The second kappa shape index (κ2) is 6.96. The smallest absolute Gasteiger partial charge is 0.227 e. The Kier molecular flexibility index (Phi) is 4.03. The Balaban J connectivity index is 1.58. The van der Waals surface area contributed by atoms with Crippen LogP contribution >= 0.6 is 0 Å². The molecule has 2 aromatic heterocycles. The zero-order valence-corrected chi connectivity index (χ0v) is 15.0. The van der Waals surface area contributed by atoms with Crippen LogP contribution < -0.4 is 0 Å². The number of aliphatic imine (C=N–C) groups is 1. The number of para-hydroxylation sites is 3. The quantitative estimate of drug-likeness (QED) is 0.448. The Morgan fingerprint density at radius 3 is 2.32 bits per heavy atom. The third-order valence-corrected chi connectivity index (χ3v) is 4.53. The van der Waals surface area contributed by atoms with Crippen LogP contribution in [0, 0.1) is 0 Å². The molecule has 134 valence electrons. The first-order chi connectivity index (χ1) is 13.9. The van der Waals surface area contributed by atoms with Gasteiger partial charge in [-0.2, -0.15) is 5.10 Å². The van der Waals surface area contributed by atoms with Gasteiger partial charge in [0.15, 0.2) is 0 Å². The number of aromatic amines is 1. The maximum atomic E-state index is 4.75. The molecular weight excluding hydrogens is 346 g/mol. The number of H-pyrrole nitrogens is 1. The van der Waals surface area contributed by atoms with Gasteiger partial charge in [0.1, 0.15) is 5.69 Å². The van der Waals surface area contributed by atoms with Crippen LogP contribution in [0.3, 0.4) is 0 Å². The molecule has 0 aliphatic heterocycles. The number of nitrogens with one attached hydrogen (secondary N) is 1. The molecule has 0 atom stereocenters. The summed E-state index contributed by atoms with van der Waals surface area (Å²) in [4.78, 5) is 12.3. The molecule has 1 N–H and O–H groups in total. The van der Waals surface area contributed by atoms with Crippen molar-refractivity contribution in [3.63, 3.8) is 0 Å². The van der Waals surface area contributed by atoms with Gasteiger partial charge >= 0.3 is 0 Å². The summed E-state index contributed by atoms with van der Waals surface area (Å²) in [5.74, 6) is 0.564. The SMILES string of the molecule is C(=Nc1nc2ccccc2[nH]1)c1nn(-c2ccccc2)cc1-c1ccccc1. The normalized spacial score (nSPS) is 11.4. The van der Waals surface area contributed by atoms with Gasteiger partial charge < -0.3 is 4.98 Å². The molecule has 5 nitrogen and oxygen atoms in total. The number of benzene rings is 3. The molecule has 0 spiro atoms. The van der Waals surface area contributed by atoms with Crippen LogP contribution in [0.25, 0.3) is 27.8 Å². The Morgan fingerprint density at radius 1 is 0.821 bits per heavy atom. The van der Waals surface area contributed by atoms with Gasteiger partial charge in [0.2, 0.25) is 5.95 Å². The van der Waals surface area contributed by atoms with E-state index in [1.54, 1.807) is 6.21 Å². The third kappa shape index (κ3) is 3.10. The highest BCUT2D eigenvalue weighted by molar-refractivity contribution is 5.89. The first-order valence-electron chi connectivity index (χ1n) is 9.06. The average Bonchev–Trinajstić information content (AvgIpc) is 3.37. The molecule has 0 saturated carbocycles. The zero-order chi connectivity index (χ0) is 18.8. The number of rotatable bonds is 4. The van der Waals surface area contributed by atoms with Crippen LogP contribution in [-0.4, -0.2) is 26.0 Å². The predicted octanol–water partition coefficient (Wildman–Crippen LogP) is 5.17. The van der Waals surface area contributed by atoms with Gasteiger partial charge in [0.05, 0.1) is 22.9 Å². The second-order valence-corrected chi connectivity index (χ2v) is 6.41. The van der Waals surface area contributed by atoms with E-state index in [-0.39, 0.29) is 0 Å². The maximum absolute atomic E-state index is 4.75. The fourth-order valence-electron chi connectivity index (χ4n) is 3.16. The van der Waals surface area contributed by atoms with E-state index in [1.807, 2.05) is 83.7 Å². The number of fused-ring (bicyclic) bond motifs is 1. The van der Waals surface area contributed by atoms with Crippen molar-refractivity contribution in [3.8, 4) is 16.8 Å². The third-order valence-electron chi connectivity index (χ3n) is 4.53. The van der Waals surface area contributed by atoms with Crippen LogP contribution in [0.2, 0.25) is 0 Å². The summed E-state index contributed by atoms with van der Waals surface area (Å²) in [6.07, 6.45) is 3.80. The highest BCUT2D eigenvalue weighted by atomic mass is 15.3. The first kappa shape index (κ1) is 16.2. The van der Waals surface area contributed by atoms with Crippen molar-refractivity contribution in [3.05, 3.63) is 96.8 Å². The molecule has 5 heteroatoms. The predicted molar refractivity (Wildman–Crippen MR) is 112 cm³/mol. The lowest BCUT2D eigenvalue weighted by Gasteiger charge is -1.99. The van der Waals surface area contributed by atoms with Crippen molar-refractivity contribution in [2.24, 2.45) is 4.99 Å². The summed E-state index contributed by atoms with van der Waals surface area (Å²) in [5, 5.41) is 4.75. The Morgan fingerprint density at radius 2 is 1.54 bits per heavy atom. The van der Waals surface area contributed by atoms with Crippen LogP contribution in [0.5, 0.6) is 0 Å². The topological polar surface area (TPSA) is 58.9 Å².